The number of rotatable bonds is 7. The van der Waals surface area contributed by atoms with Gasteiger partial charge in [0.25, 0.3) is 0 Å². The van der Waals surface area contributed by atoms with Crippen molar-refractivity contribution in [3.05, 3.63) is 59.4 Å². The van der Waals surface area contributed by atoms with Crippen molar-refractivity contribution in [3.8, 4) is 11.5 Å². The lowest BCUT2D eigenvalue weighted by atomic mass is 10.1. The number of carbonyl (C=O) groups excluding carboxylic acids is 1. The summed E-state index contributed by atoms with van der Waals surface area (Å²) in [6.07, 6.45) is 0.817. The van der Waals surface area contributed by atoms with Crippen LogP contribution in [0, 0.1) is 5.82 Å². The van der Waals surface area contributed by atoms with E-state index in [2.05, 4.69) is 5.32 Å². The molecule has 5 heteroatoms. The van der Waals surface area contributed by atoms with Crippen LogP contribution in [0.1, 0.15) is 30.5 Å². The molecule has 0 radical (unpaired) electrons. The summed E-state index contributed by atoms with van der Waals surface area (Å²) >= 11 is 0. The number of hydrogen-bond acceptors (Lipinski definition) is 3. The van der Waals surface area contributed by atoms with Gasteiger partial charge in [-0.3, -0.25) is 4.79 Å². The Balaban J connectivity index is 1.97. The van der Waals surface area contributed by atoms with Crippen LogP contribution in [-0.4, -0.2) is 20.1 Å². The number of halogens is 1. The normalized spacial score (nSPS) is 11.7. The molecule has 1 atom stereocenters. The highest BCUT2D eigenvalue weighted by Crippen LogP contribution is 2.29. The molecule has 0 spiro atoms. The predicted molar refractivity (Wildman–Crippen MR) is 90.8 cm³/mol. The van der Waals surface area contributed by atoms with Crippen LogP contribution in [0.5, 0.6) is 11.5 Å². The fourth-order valence-electron chi connectivity index (χ4n) is 2.56. The van der Waals surface area contributed by atoms with Gasteiger partial charge in [0, 0.05) is 12.0 Å². The first kappa shape index (κ1) is 17.8. The Morgan fingerprint density at radius 3 is 2.21 bits per heavy atom. The summed E-state index contributed by atoms with van der Waals surface area (Å²) in [4.78, 5) is 12.2. The van der Waals surface area contributed by atoms with Gasteiger partial charge in [-0.15, -0.1) is 0 Å². The van der Waals surface area contributed by atoms with Crippen molar-refractivity contribution in [2.24, 2.45) is 0 Å². The van der Waals surface area contributed by atoms with Crippen LogP contribution >= 0.6 is 0 Å². The van der Waals surface area contributed by atoms with Crippen LogP contribution in [0.4, 0.5) is 4.39 Å². The second-order valence-electron chi connectivity index (χ2n) is 5.48. The molecule has 0 saturated heterocycles. The van der Waals surface area contributed by atoms with Gasteiger partial charge in [-0.2, -0.15) is 0 Å². The molecule has 1 amide bonds. The van der Waals surface area contributed by atoms with Gasteiger partial charge >= 0.3 is 0 Å². The van der Waals surface area contributed by atoms with E-state index in [1.165, 1.54) is 12.1 Å². The van der Waals surface area contributed by atoms with E-state index in [-0.39, 0.29) is 17.8 Å². The van der Waals surface area contributed by atoms with Gasteiger partial charge in [-0.25, -0.2) is 4.39 Å². The third-order valence-corrected chi connectivity index (χ3v) is 3.88. The average molecular weight is 331 g/mol. The molecule has 4 nitrogen and oxygen atoms in total. The second-order valence-corrected chi connectivity index (χ2v) is 5.48. The van der Waals surface area contributed by atoms with Gasteiger partial charge in [0.2, 0.25) is 5.91 Å². The molecule has 0 aliphatic heterocycles. The molecule has 2 rings (SSSR count). The van der Waals surface area contributed by atoms with Crippen LogP contribution < -0.4 is 14.8 Å². The van der Waals surface area contributed by atoms with E-state index in [4.69, 9.17) is 9.47 Å². The van der Waals surface area contributed by atoms with E-state index in [1.54, 1.807) is 26.4 Å². The molecule has 0 bridgehead atoms. The largest absolute Gasteiger partial charge is 0.496 e. The minimum Gasteiger partial charge on any atom is -0.496 e. The number of ether oxygens (including phenoxy) is 2. The zero-order valence-corrected chi connectivity index (χ0v) is 14.1. The molecule has 0 aliphatic rings. The van der Waals surface area contributed by atoms with Gasteiger partial charge in [0.1, 0.15) is 17.3 Å². The Kier molecular flexibility index (Phi) is 6.18. The average Bonchev–Trinajstić information content (AvgIpc) is 2.59. The Morgan fingerprint density at radius 2 is 1.67 bits per heavy atom. The van der Waals surface area contributed by atoms with E-state index >= 15 is 0 Å². The maximum absolute atomic E-state index is 13.0. The lowest BCUT2D eigenvalue weighted by Crippen LogP contribution is -2.26. The molecule has 128 valence electrons. The number of amides is 1. The zero-order chi connectivity index (χ0) is 17.5. The molecule has 0 aliphatic carbocycles. The molecule has 1 N–H and O–H groups in total. The van der Waals surface area contributed by atoms with E-state index in [1.807, 2.05) is 25.1 Å². The first-order valence-electron chi connectivity index (χ1n) is 7.80. The fraction of sp³-hybridized carbons (Fsp3) is 0.316. The van der Waals surface area contributed by atoms with Crippen molar-refractivity contribution < 1.29 is 18.7 Å². The summed E-state index contributed by atoms with van der Waals surface area (Å²) in [5.74, 6) is 1.03. The van der Waals surface area contributed by atoms with Crippen LogP contribution in [0.15, 0.2) is 42.5 Å². The van der Waals surface area contributed by atoms with E-state index in [0.29, 0.717) is 24.3 Å². The smallest absolute Gasteiger partial charge is 0.220 e. The quantitative estimate of drug-likeness (QED) is 0.842. The molecule has 0 unspecified atom stereocenters. The molecule has 0 aromatic heterocycles. The molecular weight excluding hydrogens is 309 g/mol. The van der Waals surface area contributed by atoms with Crippen molar-refractivity contribution in [1.82, 2.24) is 5.32 Å². The Hall–Kier alpha value is -2.56. The number of benzene rings is 2. The summed E-state index contributed by atoms with van der Waals surface area (Å²) < 4.78 is 23.6. The van der Waals surface area contributed by atoms with Crippen molar-refractivity contribution in [3.63, 3.8) is 0 Å². The van der Waals surface area contributed by atoms with Crippen LogP contribution in [-0.2, 0) is 11.2 Å². The lowest BCUT2D eigenvalue weighted by molar-refractivity contribution is -0.121. The summed E-state index contributed by atoms with van der Waals surface area (Å²) in [6.45, 7) is 1.87. The van der Waals surface area contributed by atoms with E-state index in [0.717, 1.165) is 11.1 Å². The SMILES string of the molecule is COc1cccc(OC)c1CCC(=O)N[C@H](C)c1ccc(F)cc1. The number of nitrogens with one attached hydrogen (secondary N) is 1. The van der Waals surface area contributed by atoms with Crippen LogP contribution in [0.25, 0.3) is 0 Å². The first-order valence-corrected chi connectivity index (χ1v) is 7.80. The highest BCUT2D eigenvalue weighted by atomic mass is 19.1. The first-order chi connectivity index (χ1) is 11.5. The topological polar surface area (TPSA) is 47.6 Å². The highest BCUT2D eigenvalue weighted by molar-refractivity contribution is 5.77. The minimum atomic E-state index is -0.291. The number of methoxy groups -OCH3 is 2. The van der Waals surface area contributed by atoms with Crippen molar-refractivity contribution in [2.45, 2.75) is 25.8 Å². The maximum atomic E-state index is 13.0. The fourth-order valence-corrected chi connectivity index (χ4v) is 2.56. The molecule has 0 fully saturated rings. The Bertz CT molecular complexity index is 663. The summed E-state index contributed by atoms with van der Waals surface area (Å²) in [7, 11) is 3.18. The molecular formula is C19H22FNO3. The molecule has 24 heavy (non-hydrogen) atoms. The summed E-state index contributed by atoms with van der Waals surface area (Å²) in [6, 6.07) is 11.5. The maximum Gasteiger partial charge on any atom is 0.220 e. The predicted octanol–water partition coefficient (Wildman–Crippen LogP) is 3.65. The zero-order valence-electron chi connectivity index (χ0n) is 14.1. The Morgan fingerprint density at radius 1 is 1.08 bits per heavy atom. The van der Waals surface area contributed by atoms with Gasteiger partial charge < -0.3 is 14.8 Å². The lowest BCUT2D eigenvalue weighted by Gasteiger charge is -2.16. The minimum absolute atomic E-state index is 0.0835. The highest BCUT2D eigenvalue weighted by Gasteiger charge is 2.14. The third kappa shape index (κ3) is 4.47. The number of hydrogen-bond donors (Lipinski definition) is 1. The van der Waals surface area contributed by atoms with Crippen LogP contribution in [0.2, 0.25) is 0 Å². The molecule has 0 saturated carbocycles. The third-order valence-electron chi connectivity index (χ3n) is 3.88. The summed E-state index contributed by atoms with van der Waals surface area (Å²) in [5, 5.41) is 2.92. The van der Waals surface area contributed by atoms with Gasteiger partial charge in [0.05, 0.1) is 20.3 Å². The van der Waals surface area contributed by atoms with Gasteiger partial charge in [-0.05, 0) is 43.2 Å². The molecule has 2 aromatic carbocycles. The van der Waals surface area contributed by atoms with Crippen molar-refractivity contribution in [1.29, 1.82) is 0 Å². The molecule has 2 aromatic rings. The standard InChI is InChI=1S/C19H22FNO3/c1-13(14-7-9-15(20)10-8-14)21-19(22)12-11-16-17(23-2)5-4-6-18(16)24-3/h4-10,13H,11-12H2,1-3H3,(H,21,22)/t13-/m1/s1. The van der Waals surface area contributed by atoms with Crippen molar-refractivity contribution >= 4 is 5.91 Å². The van der Waals surface area contributed by atoms with Gasteiger partial charge in [-0.1, -0.05) is 18.2 Å². The van der Waals surface area contributed by atoms with Crippen molar-refractivity contribution in [2.75, 3.05) is 14.2 Å². The van der Waals surface area contributed by atoms with Crippen LogP contribution in [0.3, 0.4) is 0 Å². The van der Waals surface area contributed by atoms with E-state index in [9.17, 15) is 9.18 Å². The summed E-state index contributed by atoms with van der Waals surface area (Å²) in [5.41, 5.74) is 1.73. The van der Waals surface area contributed by atoms with Gasteiger partial charge in [0.15, 0.2) is 0 Å². The Labute approximate surface area is 141 Å². The number of carbonyl (C=O) groups is 1. The monoisotopic (exact) mass is 331 g/mol. The molecule has 0 heterocycles. The van der Waals surface area contributed by atoms with E-state index < -0.39 is 0 Å². The second kappa shape index (κ2) is 8.34.